The summed E-state index contributed by atoms with van der Waals surface area (Å²) >= 11 is 0. The average Bonchev–Trinajstić information content (AvgIpc) is 2.14. The van der Waals surface area contributed by atoms with E-state index in [9.17, 15) is 15.0 Å². The monoisotopic (exact) mass is 237 g/mol. The van der Waals surface area contributed by atoms with E-state index in [1.54, 1.807) is 18.2 Å². The van der Waals surface area contributed by atoms with E-state index in [0.29, 0.717) is 0 Å². The molecule has 1 rings (SSSR count). The van der Waals surface area contributed by atoms with Gasteiger partial charge >= 0.3 is 6.09 Å². The first-order valence-corrected chi connectivity index (χ1v) is 5.54. The second-order valence-corrected chi connectivity index (χ2v) is 5.09. The Kier molecular flexibility index (Phi) is 3.66. The van der Waals surface area contributed by atoms with Crippen molar-refractivity contribution in [3.63, 3.8) is 0 Å². The van der Waals surface area contributed by atoms with E-state index in [4.69, 9.17) is 0 Å². The lowest BCUT2D eigenvalue weighted by Gasteiger charge is -2.38. The van der Waals surface area contributed by atoms with E-state index in [0.717, 1.165) is 5.56 Å². The Hall–Kier alpha value is -1.71. The van der Waals surface area contributed by atoms with Crippen LogP contribution in [0, 0.1) is 0 Å². The smallest absolute Gasteiger partial charge is 0.408 e. The van der Waals surface area contributed by atoms with Gasteiger partial charge in [-0.05, 0) is 45.4 Å². The fourth-order valence-electron chi connectivity index (χ4n) is 1.97. The molecule has 0 saturated carbocycles. The maximum absolute atomic E-state index is 11.3. The fraction of sp³-hybridized carbons (Fsp3) is 0.462. The van der Waals surface area contributed by atoms with Crippen LogP contribution in [0.1, 0.15) is 39.3 Å². The summed E-state index contributed by atoms with van der Waals surface area (Å²) in [6.07, 6.45) is -0.964. The van der Waals surface area contributed by atoms with Crippen molar-refractivity contribution in [3.05, 3.63) is 29.8 Å². The van der Waals surface area contributed by atoms with Crippen LogP contribution in [0.3, 0.4) is 0 Å². The number of hydrogen-bond donors (Lipinski definition) is 2. The van der Waals surface area contributed by atoms with E-state index < -0.39 is 11.6 Å². The maximum atomic E-state index is 11.3. The number of carboxylic acid groups (broad SMARTS) is 1. The highest BCUT2D eigenvalue weighted by Gasteiger charge is 2.31. The van der Waals surface area contributed by atoms with E-state index in [2.05, 4.69) is 0 Å². The highest BCUT2D eigenvalue weighted by Crippen LogP contribution is 2.29. The quantitative estimate of drug-likeness (QED) is 0.830. The number of rotatable bonds is 2. The molecular formula is C13H19NO3. The van der Waals surface area contributed by atoms with Gasteiger partial charge in [0.1, 0.15) is 5.75 Å². The summed E-state index contributed by atoms with van der Waals surface area (Å²) in [7, 11) is 0. The first kappa shape index (κ1) is 13.4. The molecule has 0 saturated heterocycles. The van der Waals surface area contributed by atoms with Crippen molar-refractivity contribution < 1.29 is 15.0 Å². The molecule has 1 aromatic rings. The Balaban J connectivity index is 3.09. The molecule has 0 spiro atoms. The number of aromatic hydroxyl groups is 1. The topological polar surface area (TPSA) is 60.8 Å². The highest BCUT2D eigenvalue weighted by molar-refractivity contribution is 5.66. The molecule has 0 fully saturated rings. The van der Waals surface area contributed by atoms with Gasteiger partial charge in [0.25, 0.3) is 0 Å². The number of carbonyl (C=O) groups is 1. The first-order chi connectivity index (χ1) is 7.73. The fourth-order valence-corrected chi connectivity index (χ4v) is 1.97. The zero-order valence-corrected chi connectivity index (χ0v) is 10.6. The molecule has 0 aliphatic carbocycles. The van der Waals surface area contributed by atoms with Gasteiger partial charge in [-0.2, -0.15) is 0 Å². The SMILES string of the molecule is C[C@@H](c1cccc(O)c1)N(C(=O)O)C(C)(C)C. The Morgan fingerprint density at radius 1 is 1.35 bits per heavy atom. The molecule has 1 amide bonds. The van der Waals surface area contributed by atoms with Crippen LogP contribution in [-0.2, 0) is 0 Å². The molecule has 0 aliphatic rings. The molecular weight excluding hydrogens is 218 g/mol. The molecule has 4 heteroatoms. The van der Waals surface area contributed by atoms with Gasteiger partial charge in [0.2, 0.25) is 0 Å². The Labute approximate surface area is 101 Å². The second kappa shape index (κ2) is 4.65. The summed E-state index contributed by atoms with van der Waals surface area (Å²) < 4.78 is 0. The Bertz CT molecular complexity index is 409. The summed E-state index contributed by atoms with van der Waals surface area (Å²) in [5, 5.41) is 18.7. The van der Waals surface area contributed by atoms with E-state index in [-0.39, 0.29) is 11.8 Å². The number of phenols is 1. The number of benzene rings is 1. The zero-order chi connectivity index (χ0) is 13.2. The molecule has 0 aliphatic heterocycles. The van der Waals surface area contributed by atoms with Crippen LogP contribution in [0.15, 0.2) is 24.3 Å². The van der Waals surface area contributed by atoms with Crippen molar-refractivity contribution >= 4 is 6.09 Å². The molecule has 0 heterocycles. The molecule has 1 aromatic carbocycles. The van der Waals surface area contributed by atoms with Gasteiger partial charge in [0.15, 0.2) is 0 Å². The van der Waals surface area contributed by atoms with Crippen molar-refractivity contribution in [1.29, 1.82) is 0 Å². The summed E-state index contributed by atoms with van der Waals surface area (Å²) in [6.45, 7) is 7.36. The lowest BCUT2D eigenvalue weighted by molar-refractivity contribution is 0.0752. The summed E-state index contributed by atoms with van der Waals surface area (Å²) in [5.74, 6) is 0.147. The summed E-state index contributed by atoms with van der Waals surface area (Å²) in [4.78, 5) is 12.7. The maximum Gasteiger partial charge on any atom is 0.408 e. The molecule has 17 heavy (non-hydrogen) atoms. The lowest BCUT2D eigenvalue weighted by Crippen LogP contribution is -2.46. The number of phenolic OH excluding ortho intramolecular Hbond substituents is 1. The Morgan fingerprint density at radius 3 is 2.35 bits per heavy atom. The molecule has 2 N–H and O–H groups in total. The van der Waals surface area contributed by atoms with Crippen LogP contribution in [0.4, 0.5) is 4.79 Å². The molecule has 1 atom stereocenters. The second-order valence-electron chi connectivity index (χ2n) is 5.09. The standard InChI is InChI=1S/C13H19NO3/c1-9(10-6-5-7-11(15)8-10)14(12(16)17)13(2,3)4/h5-9,15H,1-4H3,(H,16,17)/t9-/m0/s1. The highest BCUT2D eigenvalue weighted by atomic mass is 16.4. The van der Waals surface area contributed by atoms with Gasteiger partial charge < -0.3 is 10.2 Å². The molecule has 0 aromatic heterocycles. The van der Waals surface area contributed by atoms with E-state index >= 15 is 0 Å². The van der Waals surface area contributed by atoms with Crippen LogP contribution in [0.5, 0.6) is 5.75 Å². The molecule has 0 bridgehead atoms. The lowest BCUT2D eigenvalue weighted by atomic mass is 9.99. The van der Waals surface area contributed by atoms with Crippen molar-refractivity contribution in [2.24, 2.45) is 0 Å². The van der Waals surface area contributed by atoms with Crippen LogP contribution in [0.2, 0.25) is 0 Å². The minimum atomic E-state index is -0.964. The Morgan fingerprint density at radius 2 is 1.94 bits per heavy atom. The number of hydrogen-bond acceptors (Lipinski definition) is 2. The van der Waals surface area contributed by atoms with Gasteiger partial charge in [0.05, 0.1) is 6.04 Å². The van der Waals surface area contributed by atoms with Gasteiger partial charge in [0, 0.05) is 5.54 Å². The van der Waals surface area contributed by atoms with Gasteiger partial charge in [-0.3, -0.25) is 4.90 Å². The molecule has 4 nitrogen and oxygen atoms in total. The third-order valence-electron chi connectivity index (χ3n) is 2.67. The largest absolute Gasteiger partial charge is 0.508 e. The van der Waals surface area contributed by atoms with Crippen molar-refractivity contribution in [2.45, 2.75) is 39.3 Å². The zero-order valence-electron chi connectivity index (χ0n) is 10.6. The summed E-state index contributed by atoms with van der Waals surface area (Å²) in [6, 6.07) is 6.38. The van der Waals surface area contributed by atoms with Gasteiger partial charge in [-0.25, -0.2) is 4.79 Å². The third kappa shape index (κ3) is 3.12. The van der Waals surface area contributed by atoms with Crippen LogP contribution < -0.4 is 0 Å². The minimum absolute atomic E-state index is 0.147. The van der Waals surface area contributed by atoms with Crippen LogP contribution in [0.25, 0.3) is 0 Å². The third-order valence-corrected chi connectivity index (χ3v) is 2.67. The number of amides is 1. The molecule has 0 radical (unpaired) electrons. The predicted octanol–water partition coefficient (Wildman–Crippen LogP) is 3.23. The van der Waals surface area contributed by atoms with Gasteiger partial charge in [-0.15, -0.1) is 0 Å². The number of nitrogens with zero attached hydrogens (tertiary/aromatic N) is 1. The first-order valence-electron chi connectivity index (χ1n) is 5.54. The summed E-state index contributed by atoms with van der Waals surface area (Å²) in [5.41, 5.74) is 0.291. The van der Waals surface area contributed by atoms with Crippen LogP contribution in [-0.4, -0.2) is 26.7 Å². The van der Waals surface area contributed by atoms with E-state index in [1.807, 2.05) is 33.8 Å². The normalized spacial score (nSPS) is 13.2. The van der Waals surface area contributed by atoms with Crippen LogP contribution >= 0.6 is 0 Å². The van der Waals surface area contributed by atoms with Gasteiger partial charge in [-0.1, -0.05) is 12.1 Å². The molecule has 0 unspecified atom stereocenters. The van der Waals surface area contributed by atoms with Crippen molar-refractivity contribution in [3.8, 4) is 5.75 Å². The van der Waals surface area contributed by atoms with Crippen molar-refractivity contribution in [1.82, 2.24) is 4.90 Å². The predicted molar refractivity (Wildman–Crippen MR) is 66.1 cm³/mol. The average molecular weight is 237 g/mol. The van der Waals surface area contributed by atoms with Crippen molar-refractivity contribution in [2.75, 3.05) is 0 Å². The molecule has 94 valence electrons. The minimum Gasteiger partial charge on any atom is -0.508 e. The van der Waals surface area contributed by atoms with E-state index in [1.165, 1.54) is 4.90 Å².